The number of rotatable bonds is 4. The molecule has 0 spiro atoms. The van der Waals surface area contributed by atoms with Gasteiger partial charge < -0.3 is 20.1 Å². The first kappa shape index (κ1) is 17.6. The van der Waals surface area contributed by atoms with Gasteiger partial charge in [-0.2, -0.15) is 0 Å². The molecule has 0 bridgehead atoms. The number of amides is 2. The lowest BCUT2D eigenvalue weighted by atomic mass is 10.2. The van der Waals surface area contributed by atoms with Crippen molar-refractivity contribution < 1.29 is 23.5 Å². The van der Waals surface area contributed by atoms with Crippen LogP contribution in [0.4, 0.5) is 15.8 Å². The average Bonchev–Trinajstić information content (AvgIpc) is 2.57. The smallest absolute Gasteiger partial charge is 0.314 e. The lowest BCUT2D eigenvalue weighted by Gasteiger charge is -2.10. The monoisotopic (exact) mass is 352 g/mol. The Balaban J connectivity index is 2.06. The molecule has 0 aliphatic heterocycles. The van der Waals surface area contributed by atoms with Gasteiger partial charge in [-0.15, -0.1) is 0 Å². The molecule has 2 rings (SSSR count). The number of carbonyl (C=O) groups excluding carboxylic acids is 2. The second-order valence-electron chi connectivity index (χ2n) is 4.61. The molecule has 0 radical (unpaired) electrons. The van der Waals surface area contributed by atoms with E-state index in [2.05, 4.69) is 10.6 Å². The van der Waals surface area contributed by atoms with Crippen molar-refractivity contribution in [1.82, 2.24) is 0 Å². The van der Waals surface area contributed by atoms with E-state index in [1.54, 1.807) is 12.1 Å². The maximum atomic E-state index is 13.1. The zero-order chi connectivity index (χ0) is 17.7. The van der Waals surface area contributed by atoms with Gasteiger partial charge in [-0.1, -0.05) is 11.6 Å². The van der Waals surface area contributed by atoms with Gasteiger partial charge in [0, 0.05) is 17.4 Å². The lowest BCUT2D eigenvalue weighted by Crippen LogP contribution is -2.29. The van der Waals surface area contributed by atoms with E-state index in [0.29, 0.717) is 17.2 Å². The standard InChI is InChI=1S/C16H14ClFN2O4/c1-23-13-6-4-10(8-14(13)24-2)20-16(22)15(21)19-9-3-5-12(18)11(17)7-9/h3-8H,1-2H3,(H,19,21)(H,20,22). The van der Waals surface area contributed by atoms with Crippen molar-refractivity contribution in [2.24, 2.45) is 0 Å². The molecule has 0 unspecified atom stereocenters. The minimum Gasteiger partial charge on any atom is -0.493 e. The molecule has 24 heavy (non-hydrogen) atoms. The van der Waals surface area contributed by atoms with Crippen LogP contribution < -0.4 is 20.1 Å². The average molecular weight is 353 g/mol. The van der Waals surface area contributed by atoms with Crippen molar-refractivity contribution in [1.29, 1.82) is 0 Å². The molecule has 0 aliphatic carbocycles. The molecule has 2 aromatic rings. The fourth-order valence-corrected chi connectivity index (χ4v) is 2.04. The summed E-state index contributed by atoms with van der Waals surface area (Å²) in [5.41, 5.74) is 0.554. The first-order chi connectivity index (χ1) is 11.4. The Morgan fingerprint density at radius 3 is 2.00 bits per heavy atom. The molecule has 2 amide bonds. The van der Waals surface area contributed by atoms with Crippen LogP contribution >= 0.6 is 11.6 Å². The maximum absolute atomic E-state index is 13.1. The highest BCUT2D eigenvalue weighted by Crippen LogP contribution is 2.29. The normalized spacial score (nSPS) is 10.0. The van der Waals surface area contributed by atoms with Gasteiger partial charge in [-0.05, 0) is 30.3 Å². The number of carbonyl (C=O) groups is 2. The minimum absolute atomic E-state index is 0.159. The number of benzene rings is 2. The van der Waals surface area contributed by atoms with Gasteiger partial charge in [-0.25, -0.2) is 4.39 Å². The molecule has 8 heteroatoms. The van der Waals surface area contributed by atoms with Gasteiger partial charge in [0.05, 0.1) is 19.2 Å². The number of anilines is 2. The Morgan fingerprint density at radius 2 is 1.46 bits per heavy atom. The second kappa shape index (κ2) is 7.65. The highest BCUT2D eigenvalue weighted by Gasteiger charge is 2.16. The Kier molecular flexibility index (Phi) is 5.59. The third-order valence-electron chi connectivity index (χ3n) is 3.03. The third-order valence-corrected chi connectivity index (χ3v) is 3.31. The molecule has 0 saturated carbocycles. The first-order valence-corrected chi connectivity index (χ1v) is 7.11. The van der Waals surface area contributed by atoms with Crippen molar-refractivity contribution in [2.75, 3.05) is 24.9 Å². The predicted octanol–water partition coefficient (Wildman–Crippen LogP) is 3.07. The van der Waals surface area contributed by atoms with E-state index in [4.69, 9.17) is 21.1 Å². The van der Waals surface area contributed by atoms with Crippen LogP contribution in [-0.4, -0.2) is 26.0 Å². The summed E-state index contributed by atoms with van der Waals surface area (Å²) in [6.45, 7) is 0. The Hall–Kier alpha value is -2.80. The summed E-state index contributed by atoms with van der Waals surface area (Å²) in [7, 11) is 2.94. The molecule has 0 fully saturated rings. The number of hydrogen-bond acceptors (Lipinski definition) is 4. The fraction of sp³-hybridized carbons (Fsp3) is 0.125. The van der Waals surface area contributed by atoms with Crippen LogP contribution in [-0.2, 0) is 9.59 Å². The Labute approximate surface area is 142 Å². The zero-order valence-corrected chi connectivity index (χ0v) is 13.6. The first-order valence-electron chi connectivity index (χ1n) is 6.74. The van der Waals surface area contributed by atoms with Gasteiger partial charge >= 0.3 is 11.8 Å². The molecule has 126 valence electrons. The molecular formula is C16H14ClFN2O4. The largest absolute Gasteiger partial charge is 0.493 e. The van der Waals surface area contributed by atoms with E-state index >= 15 is 0 Å². The Bertz CT molecular complexity index is 783. The van der Waals surface area contributed by atoms with Gasteiger partial charge in [0.2, 0.25) is 0 Å². The van der Waals surface area contributed by atoms with Crippen LogP contribution in [0.25, 0.3) is 0 Å². The molecule has 2 aromatic carbocycles. The van der Waals surface area contributed by atoms with Crippen molar-refractivity contribution >= 4 is 34.8 Å². The number of nitrogens with one attached hydrogen (secondary N) is 2. The quantitative estimate of drug-likeness (QED) is 0.829. The summed E-state index contributed by atoms with van der Waals surface area (Å²) >= 11 is 5.62. The van der Waals surface area contributed by atoms with E-state index in [0.717, 1.165) is 6.07 Å². The van der Waals surface area contributed by atoms with Crippen molar-refractivity contribution in [3.63, 3.8) is 0 Å². The van der Waals surface area contributed by atoms with E-state index in [-0.39, 0.29) is 10.7 Å². The fourth-order valence-electron chi connectivity index (χ4n) is 1.86. The highest BCUT2D eigenvalue weighted by atomic mass is 35.5. The summed E-state index contributed by atoms with van der Waals surface area (Å²) in [5, 5.41) is 4.58. The van der Waals surface area contributed by atoms with E-state index in [1.165, 1.54) is 32.4 Å². The molecule has 0 saturated heterocycles. The number of methoxy groups -OCH3 is 2. The third kappa shape index (κ3) is 4.14. The minimum atomic E-state index is -0.924. The molecular weight excluding hydrogens is 339 g/mol. The topological polar surface area (TPSA) is 76.7 Å². The van der Waals surface area contributed by atoms with Crippen LogP contribution in [0.15, 0.2) is 36.4 Å². The van der Waals surface area contributed by atoms with E-state index < -0.39 is 17.6 Å². The molecule has 0 aromatic heterocycles. The second-order valence-corrected chi connectivity index (χ2v) is 5.01. The van der Waals surface area contributed by atoms with Crippen LogP contribution in [0.1, 0.15) is 0 Å². The summed E-state index contributed by atoms with van der Waals surface area (Å²) in [5.74, 6) is -1.55. The van der Waals surface area contributed by atoms with E-state index in [1.807, 2.05) is 0 Å². The molecule has 2 N–H and O–H groups in total. The van der Waals surface area contributed by atoms with Crippen LogP contribution in [0, 0.1) is 5.82 Å². The molecule has 0 aliphatic rings. The van der Waals surface area contributed by atoms with Gasteiger partial charge in [0.1, 0.15) is 5.82 Å². The van der Waals surface area contributed by atoms with E-state index in [9.17, 15) is 14.0 Å². The van der Waals surface area contributed by atoms with Gasteiger partial charge in [0.25, 0.3) is 0 Å². The molecule has 6 nitrogen and oxygen atoms in total. The SMILES string of the molecule is COc1ccc(NC(=O)C(=O)Nc2ccc(F)c(Cl)c2)cc1OC. The summed E-state index contributed by atoms with van der Waals surface area (Å²) in [6, 6.07) is 8.25. The Morgan fingerprint density at radius 1 is 0.917 bits per heavy atom. The predicted molar refractivity (Wildman–Crippen MR) is 88.2 cm³/mol. The lowest BCUT2D eigenvalue weighted by molar-refractivity contribution is -0.132. The van der Waals surface area contributed by atoms with Crippen LogP contribution in [0.5, 0.6) is 11.5 Å². The number of hydrogen-bond donors (Lipinski definition) is 2. The maximum Gasteiger partial charge on any atom is 0.314 e. The van der Waals surface area contributed by atoms with Crippen LogP contribution in [0.3, 0.4) is 0 Å². The zero-order valence-electron chi connectivity index (χ0n) is 12.9. The van der Waals surface area contributed by atoms with Crippen molar-refractivity contribution in [3.05, 3.63) is 47.2 Å². The summed E-state index contributed by atoms with van der Waals surface area (Å²) in [4.78, 5) is 23.8. The molecule has 0 heterocycles. The van der Waals surface area contributed by atoms with Crippen LogP contribution in [0.2, 0.25) is 5.02 Å². The summed E-state index contributed by atoms with van der Waals surface area (Å²) in [6.07, 6.45) is 0. The van der Waals surface area contributed by atoms with Gasteiger partial charge in [-0.3, -0.25) is 9.59 Å². The van der Waals surface area contributed by atoms with Crippen molar-refractivity contribution in [3.8, 4) is 11.5 Å². The summed E-state index contributed by atoms with van der Waals surface area (Å²) < 4.78 is 23.3. The van der Waals surface area contributed by atoms with Gasteiger partial charge in [0.15, 0.2) is 11.5 Å². The number of ether oxygens (including phenoxy) is 2. The highest BCUT2D eigenvalue weighted by molar-refractivity contribution is 6.43. The number of halogens is 2. The molecule has 0 atom stereocenters. The van der Waals surface area contributed by atoms with Crippen molar-refractivity contribution in [2.45, 2.75) is 0 Å².